The van der Waals surface area contributed by atoms with E-state index in [1.54, 1.807) is 0 Å². The Kier molecular flexibility index (Phi) is 2.14. The van der Waals surface area contributed by atoms with E-state index in [4.69, 9.17) is 27.4 Å². The van der Waals surface area contributed by atoms with Gasteiger partial charge >= 0.3 is 0 Å². The predicted molar refractivity (Wildman–Crippen MR) is 166 cm³/mol. The molecule has 0 amide bonds. The Morgan fingerprint density at radius 3 is 1.92 bits per heavy atom. The largest absolute Gasteiger partial charge is 0.254 e. The summed E-state index contributed by atoms with van der Waals surface area (Å²) in [6, 6.07) is -15.5. The molecule has 0 N–H and O–H groups in total. The van der Waals surface area contributed by atoms with Crippen LogP contribution in [0, 0.1) is 0 Å². The van der Waals surface area contributed by atoms with Crippen LogP contribution in [0.4, 0.5) is 0 Å². The van der Waals surface area contributed by atoms with Gasteiger partial charge in [0.1, 0.15) is 0 Å². The van der Waals surface area contributed by atoms with Gasteiger partial charge in [-0.05, 0) is 56.8 Å². The molecule has 0 fully saturated rings. The third-order valence-electron chi connectivity index (χ3n) is 5.95. The van der Waals surface area contributed by atoms with Crippen LogP contribution in [0.15, 0.2) is 133 Å². The van der Waals surface area contributed by atoms with Crippen LogP contribution >= 0.6 is 11.3 Å². The summed E-state index contributed by atoms with van der Waals surface area (Å²) in [5.74, 6) is 0. The summed E-state index contributed by atoms with van der Waals surface area (Å²) in [6.45, 7) is 0. The summed E-state index contributed by atoms with van der Waals surface area (Å²) in [6.07, 6.45) is -0.713. The summed E-state index contributed by atoms with van der Waals surface area (Å²) in [5, 5.41) is -2.63. The van der Waals surface area contributed by atoms with Crippen LogP contribution in [0.3, 0.4) is 0 Å². The monoisotopic (exact) mass is 536 g/mol. The molecule has 39 heavy (non-hydrogen) atoms. The van der Waals surface area contributed by atoms with Crippen LogP contribution in [0.25, 0.3) is 75.5 Å². The molecule has 8 aromatic rings. The molecule has 182 valence electrons. The summed E-state index contributed by atoms with van der Waals surface area (Å²) >= 11 is 0.512. The van der Waals surface area contributed by atoms with E-state index in [9.17, 15) is 2.74 Å². The summed E-state index contributed by atoms with van der Waals surface area (Å²) < 4.78 is 191. The highest BCUT2D eigenvalue weighted by molar-refractivity contribution is 7.19. The van der Waals surface area contributed by atoms with E-state index in [-0.39, 0.29) is 20.7 Å². The maximum absolute atomic E-state index is 9.34. The molecule has 3 heteroatoms. The fourth-order valence-corrected chi connectivity index (χ4v) is 5.11. The molecule has 0 aliphatic heterocycles. The highest BCUT2D eigenvalue weighted by Gasteiger charge is 2.14. The Labute approximate surface area is 260 Å². The Morgan fingerprint density at radius 1 is 0.462 bits per heavy atom. The van der Waals surface area contributed by atoms with E-state index in [1.807, 2.05) is 0 Å². The molecule has 0 spiro atoms. The van der Waals surface area contributed by atoms with Crippen LogP contribution in [0.2, 0.25) is 0 Å². The number of hydrogen-bond acceptors (Lipinski definition) is 3. The minimum absolute atomic E-state index is 0.321. The summed E-state index contributed by atoms with van der Waals surface area (Å²) in [4.78, 5) is 7.78. The first-order chi connectivity index (χ1) is 28.5. The van der Waals surface area contributed by atoms with Crippen LogP contribution < -0.4 is 0 Å². The summed E-state index contributed by atoms with van der Waals surface area (Å²) in [7, 11) is 0. The van der Waals surface area contributed by atoms with Gasteiger partial charge in [-0.15, -0.1) is 11.3 Å². The van der Waals surface area contributed by atoms with Gasteiger partial charge < -0.3 is 0 Å². The fourth-order valence-electron chi connectivity index (χ4n) is 4.19. The lowest BCUT2D eigenvalue weighted by molar-refractivity contribution is 1.37. The smallest absolute Gasteiger partial charge is 0.0972 e. The van der Waals surface area contributed by atoms with Gasteiger partial charge in [-0.25, -0.2) is 4.98 Å². The van der Waals surface area contributed by atoms with Crippen molar-refractivity contribution in [3.05, 3.63) is 133 Å². The average molecular weight is 537 g/mol. The molecule has 3 heterocycles. The van der Waals surface area contributed by atoms with Gasteiger partial charge in [0.15, 0.2) is 0 Å². The second-order valence-corrected chi connectivity index (χ2v) is 9.16. The van der Waals surface area contributed by atoms with E-state index < -0.39 is 188 Å². The van der Waals surface area contributed by atoms with Gasteiger partial charge in [-0.1, -0.05) is 103 Å². The van der Waals surface area contributed by atoms with E-state index >= 15 is 0 Å². The molecule has 0 saturated heterocycles. The van der Waals surface area contributed by atoms with Crippen molar-refractivity contribution in [3.63, 3.8) is 0 Å². The summed E-state index contributed by atoms with van der Waals surface area (Å²) in [5.41, 5.74) is -2.86. The van der Waals surface area contributed by atoms with Gasteiger partial charge in [-0.2, -0.15) is 0 Å². The number of benzene rings is 5. The topological polar surface area (TPSA) is 25.8 Å². The zero-order chi connectivity index (χ0) is 44.9. The van der Waals surface area contributed by atoms with Gasteiger partial charge in [0.05, 0.1) is 46.9 Å². The number of pyridine rings is 2. The molecule has 0 bridgehead atoms. The van der Waals surface area contributed by atoms with Crippen molar-refractivity contribution < 1.29 is 30.2 Å². The SMILES string of the molecule is [2H]c1nc2c(c([2H])c1[2H])c([2H])c([2H])c1c([2H])c([2H])c(-c3c([2H])c([2H])c(-c4sc(-c5c([2H])c([2H])c([2H])c6c([2H])c([2H])c([2H])c([2H])c56)c([2H])c4[2H])c4c([2H])c([2H])c([2H])c([2H])c34)nc12. The molecule has 0 aliphatic rings. The standard InChI is InChI=1S/C36H22N2S/c1-2-10-26-23(7-1)8-5-13-30(26)33-20-21-34(39-33)31-18-17-29(27-11-3-4-12-28(27)31)32-19-16-25-15-14-24-9-6-22-37-35(24)36(25)38-32/h1-22H/i1D,2D,3D,4D,5D,6D,7D,8D,9D,10D,11D,12D,13D,14D,15D,16D,17D,18D,19D,20D,21D,22D. The average Bonchev–Trinajstić information content (AvgIpc) is 3.51. The molecule has 0 radical (unpaired) electrons. The Morgan fingerprint density at radius 2 is 1.08 bits per heavy atom. The molecule has 0 unspecified atom stereocenters. The molecule has 5 aromatic carbocycles. The Balaban J connectivity index is 1.54. The van der Waals surface area contributed by atoms with Crippen LogP contribution in [0.5, 0.6) is 0 Å². The fraction of sp³-hybridized carbons (Fsp3) is 0. The quantitative estimate of drug-likeness (QED) is 0.210. The lowest BCUT2D eigenvalue weighted by Crippen LogP contribution is -1.90. The second-order valence-electron chi connectivity index (χ2n) is 8.14. The lowest BCUT2D eigenvalue weighted by atomic mass is 9.96. The van der Waals surface area contributed by atoms with Gasteiger partial charge in [0.25, 0.3) is 0 Å². The Hall–Kier alpha value is -4.86. The van der Waals surface area contributed by atoms with Gasteiger partial charge in [0, 0.05) is 32.3 Å². The maximum atomic E-state index is 9.34. The zero-order valence-corrected chi connectivity index (χ0v) is 20.1. The third-order valence-corrected chi connectivity index (χ3v) is 6.97. The second kappa shape index (κ2) is 8.87. The number of nitrogens with zero attached hydrogens (tertiary/aromatic N) is 2. The van der Waals surface area contributed by atoms with E-state index in [1.165, 1.54) is 0 Å². The van der Waals surface area contributed by atoms with E-state index in [0.29, 0.717) is 11.3 Å². The molecule has 0 aliphatic carbocycles. The van der Waals surface area contributed by atoms with Crippen molar-refractivity contribution in [2.75, 3.05) is 0 Å². The lowest BCUT2D eigenvalue weighted by Gasteiger charge is -2.12. The molecule has 0 atom stereocenters. The minimum atomic E-state index is -0.850. The first kappa shape index (κ1) is 9.41. The van der Waals surface area contributed by atoms with Crippen molar-refractivity contribution in [1.29, 1.82) is 0 Å². The van der Waals surface area contributed by atoms with E-state index in [2.05, 4.69) is 9.97 Å². The van der Waals surface area contributed by atoms with Gasteiger partial charge in [0.2, 0.25) is 0 Å². The maximum Gasteiger partial charge on any atom is 0.0972 e. The van der Waals surface area contributed by atoms with Crippen molar-refractivity contribution in [2.24, 2.45) is 0 Å². The minimum Gasteiger partial charge on any atom is -0.254 e. The molecule has 0 saturated carbocycles. The van der Waals surface area contributed by atoms with Crippen LogP contribution in [-0.4, -0.2) is 9.97 Å². The van der Waals surface area contributed by atoms with Crippen LogP contribution in [0.1, 0.15) is 30.2 Å². The number of thiophene rings is 1. The number of hydrogen-bond donors (Lipinski definition) is 0. The highest BCUT2D eigenvalue weighted by atomic mass is 32.1. The first-order valence-electron chi connectivity index (χ1n) is 22.3. The molecule has 3 aromatic heterocycles. The normalized spacial score (nSPS) is 19.5. The third kappa shape index (κ3) is 3.63. The molecule has 8 rings (SSSR count). The van der Waals surface area contributed by atoms with Crippen molar-refractivity contribution >= 4 is 54.7 Å². The highest BCUT2D eigenvalue weighted by Crippen LogP contribution is 2.42. The van der Waals surface area contributed by atoms with Gasteiger partial charge in [-0.3, -0.25) is 4.98 Å². The zero-order valence-electron chi connectivity index (χ0n) is 41.3. The number of aromatic nitrogens is 2. The van der Waals surface area contributed by atoms with Crippen molar-refractivity contribution in [2.45, 2.75) is 0 Å². The van der Waals surface area contributed by atoms with Crippen molar-refractivity contribution in [3.8, 4) is 32.1 Å². The van der Waals surface area contributed by atoms with E-state index in [0.717, 1.165) is 0 Å². The number of fused-ring (bicyclic) bond motifs is 5. The predicted octanol–water partition coefficient (Wildman–Crippen LogP) is 10.2. The van der Waals surface area contributed by atoms with Crippen molar-refractivity contribution in [1.82, 2.24) is 9.97 Å². The molecule has 2 nitrogen and oxygen atoms in total. The Bertz CT molecular complexity index is 3390. The molecular weight excluding hydrogens is 492 g/mol. The first-order valence-corrected chi connectivity index (χ1v) is 12.1. The molecular formula is C36H22N2S. The number of rotatable bonds is 3. The van der Waals surface area contributed by atoms with Crippen LogP contribution in [-0.2, 0) is 0 Å².